The summed E-state index contributed by atoms with van der Waals surface area (Å²) in [7, 11) is -3.72. The van der Waals surface area contributed by atoms with E-state index in [1.165, 1.54) is 12.1 Å². The molecule has 2 aromatic carbocycles. The van der Waals surface area contributed by atoms with Gasteiger partial charge in [-0.1, -0.05) is 45.0 Å². The summed E-state index contributed by atoms with van der Waals surface area (Å²) in [6.45, 7) is 12.2. The molecule has 0 aliphatic carbocycles. The molecule has 152 valence electrons. The normalized spacial score (nSPS) is 12.5. The molecule has 0 saturated carbocycles. The number of rotatable bonds is 6. The molecule has 0 radical (unpaired) electrons. The van der Waals surface area contributed by atoms with Crippen LogP contribution in [0.25, 0.3) is 0 Å². The number of carbonyl (C=O) groups excluding carboxylic acids is 1. The van der Waals surface area contributed by atoms with Crippen LogP contribution in [0, 0.1) is 12.3 Å². The first-order valence-electron chi connectivity index (χ1n) is 9.30. The van der Waals surface area contributed by atoms with Gasteiger partial charge in [-0.05, 0) is 62.4 Å². The summed E-state index contributed by atoms with van der Waals surface area (Å²) in [5.74, 6) is -0.227. The zero-order valence-corrected chi connectivity index (χ0v) is 18.3. The van der Waals surface area contributed by atoms with Gasteiger partial charge in [-0.15, -0.1) is 0 Å². The first-order chi connectivity index (χ1) is 12.8. The van der Waals surface area contributed by atoms with Gasteiger partial charge in [-0.2, -0.15) is 0 Å². The van der Waals surface area contributed by atoms with Crippen molar-refractivity contribution in [1.82, 2.24) is 5.32 Å². The van der Waals surface area contributed by atoms with E-state index >= 15 is 0 Å². The van der Waals surface area contributed by atoms with Gasteiger partial charge in [0.05, 0.1) is 10.6 Å². The largest absolute Gasteiger partial charge is 0.347 e. The highest BCUT2D eigenvalue weighted by molar-refractivity contribution is 7.92. The molecule has 0 aliphatic rings. The lowest BCUT2D eigenvalue weighted by molar-refractivity contribution is 0.0891. The average Bonchev–Trinajstić information content (AvgIpc) is 2.54. The molecule has 0 heterocycles. The third-order valence-corrected chi connectivity index (χ3v) is 5.60. The number of sulfonamides is 1. The zero-order chi connectivity index (χ0) is 21.2. The Morgan fingerprint density at radius 1 is 0.964 bits per heavy atom. The smallest absolute Gasteiger partial charge is 0.261 e. The summed E-state index contributed by atoms with van der Waals surface area (Å²) in [6.07, 6.45) is 0.811. The van der Waals surface area contributed by atoms with E-state index in [1.807, 2.05) is 13.8 Å². The topological polar surface area (TPSA) is 75.3 Å². The van der Waals surface area contributed by atoms with Crippen molar-refractivity contribution in [1.29, 1.82) is 0 Å². The van der Waals surface area contributed by atoms with E-state index in [0.717, 1.165) is 12.0 Å². The van der Waals surface area contributed by atoms with Gasteiger partial charge in [-0.25, -0.2) is 8.42 Å². The fraction of sp³-hybridized carbons (Fsp3) is 0.409. The van der Waals surface area contributed by atoms with Gasteiger partial charge >= 0.3 is 0 Å². The van der Waals surface area contributed by atoms with Gasteiger partial charge in [0, 0.05) is 11.1 Å². The predicted molar refractivity (Wildman–Crippen MR) is 114 cm³/mol. The van der Waals surface area contributed by atoms with E-state index < -0.39 is 10.0 Å². The first kappa shape index (κ1) is 22.0. The van der Waals surface area contributed by atoms with Crippen molar-refractivity contribution in [2.75, 3.05) is 4.72 Å². The molecule has 0 fully saturated rings. The second-order valence-corrected chi connectivity index (χ2v) is 10.7. The van der Waals surface area contributed by atoms with Crippen molar-refractivity contribution in [2.24, 2.45) is 5.41 Å². The minimum absolute atomic E-state index is 0.0700. The van der Waals surface area contributed by atoms with Crippen LogP contribution < -0.4 is 10.0 Å². The molecule has 6 heteroatoms. The minimum atomic E-state index is -3.72. The summed E-state index contributed by atoms with van der Waals surface area (Å²) in [5.41, 5.74) is 1.23. The number of nitrogens with one attached hydrogen (secondary N) is 2. The average molecular weight is 403 g/mol. The summed E-state index contributed by atoms with van der Waals surface area (Å²) < 4.78 is 27.8. The number of aryl methyl sites for hydroxylation is 1. The molecule has 0 bridgehead atoms. The Bertz CT molecular complexity index is 943. The van der Waals surface area contributed by atoms with Crippen LogP contribution in [0.4, 0.5) is 5.69 Å². The van der Waals surface area contributed by atoms with E-state index in [4.69, 9.17) is 0 Å². The molecular formula is C22H30N2O3S. The number of benzene rings is 2. The van der Waals surface area contributed by atoms with Gasteiger partial charge in [0.1, 0.15) is 0 Å². The van der Waals surface area contributed by atoms with E-state index in [-0.39, 0.29) is 21.8 Å². The molecule has 0 saturated heterocycles. The van der Waals surface area contributed by atoms with Crippen molar-refractivity contribution >= 4 is 21.6 Å². The van der Waals surface area contributed by atoms with Gasteiger partial charge < -0.3 is 5.32 Å². The van der Waals surface area contributed by atoms with Gasteiger partial charge in [-0.3, -0.25) is 9.52 Å². The van der Waals surface area contributed by atoms with Gasteiger partial charge in [0.2, 0.25) is 0 Å². The van der Waals surface area contributed by atoms with Crippen molar-refractivity contribution in [2.45, 2.75) is 58.4 Å². The molecule has 0 unspecified atom stereocenters. The molecule has 28 heavy (non-hydrogen) atoms. The number of amides is 1. The van der Waals surface area contributed by atoms with Crippen LogP contribution in [0.2, 0.25) is 0 Å². The minimum Gasteiger partial charge on any atom is -0.347 e. The van der Waals surface area contributed by atoms with Crippen LogP contribution in [-0.4, -0.2) is 19.9 Å². The Morgan fingerprint density at radius 2 is 1.57 bits per heavy atom. The molecule has 0 aliphatic heterocycles. The second-order valence-electron chi connectivity index (χ2n) is 9.02. The van der Waals surface area contributed by atoms with Gasteiger partial charge in [0.15, 0.2) is 0 Å². The fourth-order valence-electron chi connectivity index (χ4n) is 3.43. The zero-order valence-electron chi connectivity index (χ0n) is 17.5. The number of anilines is 1. The SMILES string of the molecule is Cc1ccc(C(=O)NC(C)(C)CC(C)(C)C)cc1NS(=O)(=O)c1ccccc1. The quantitative estimate of drug-likeness (QED) is 0.733. The highest BCUT2D eigenvalue weighted by Crippen LogP contribution is 2.27. The van der Waals surface area contributed by atoms with Crippen LogP contribution in [0.1, 0.15) is 57.0 Å². The van der Waals surface area contributed by atoms with E-state index in [9.17, 15) is 13.2 Å². The van der Waals surface area contributed by atoms with Crippen molar-refractivity contribution in [3.05, 3.63) is 59.7 Å². The van der Waals surface area contributed by atoms with E-state index in [0.29, 0.717) is 11.3 Å². The highest BCUT2D eigenvalue weighted by atomic mass is 32.2. The molecule has 0 spiro atoms. The standard InChI is InChI=1S/C22H30N2O3S/c1-16-12-13-17(20(25)23-22(5,6)15-21(2,3)4)14-19(16)24-28(26,27)18-10-8-7-9-11-18/h7-14,24H,15H2,1-6H3,(H,23,25). The lowest BCUT2D eigenvalue weighted by atomic mass is 9.81. The lowest BCUT2D eigenvalue weighted by Crippen LogP contribution is -2.45. The highest BCUT2D eigenvalue weighted by Gasteiger charge is 2.27. The first-order valence-corrected chi connectivity index (χ1v) is 10.8. The molecule has 2 aromatic rings. The number of carbonyl (C=O) groups is 1. The van der Waals surface area contributed by atoms with Crippen LogP contribution in [-0.2, 0) is 10.0 Å². The Labute approximate surface area is 168 Å². The van der Waals surface area contributed by atoms with Crippen molar-refractivity contribution < 1.29 is 13.2 Å². The second kappa shape index (κ2) is 7.95. The van der Waals surface area contributed by atoms with Gasteiger partial charge in [0.25, 0.3) is 15.9 Å². The molecular weight excluding hydrogens is 372 g/mol. The maximum absolute atomic E-state index is 12.8. The third-order valence-electron chi connectivity index (χ3n) is 4.22. The summed E-state index contributed by atoms with van der Waals surface area (Å²) >= 11 is 0. The van der Waals surface area contributed by atoms with Crippen LogP contribution in [0.15, 0.2) is 53.4 Å². The predicted octanol–water partition coefficient (Wildman–Crippen LogP) is 4.74. The number of hydrogen-bond donors (Lipinski definition) is 2. The molecule has 2 rings (SSSR count). The van der Waals surface area contributed by atoms with Crippen molar-refractivity contribution in [3.63, 3.8) is 0 Å². The lowest BCUT2D eigenvalue weighted by Gasteiger charge is -2.33. The Balaban J connectivity index is 2.24. The monoisotopic (exact) mass is 402 g/mol. The molecule has 0 aromatic heterocycles. The van der Waals surface area contributed by atoms with Crippen molar-refractivity contribution in [3.8, 4) is 0 Å². The summed E-state index contributed by atoms with van der Waals surface area (Å²) in [4.78, 5) is 12.9. The molecule has 2 N–H and O–H groups in total. The van der Waals surface area contributed by atoms with Crippen LogP contribution in [0.5, 0.6) is 0 Å². The number of hydrogen-bond acceptors (Lipinski definition) is 3. The molecule has 5 nitrogen and oxygen atoms in total. The maximum Gasteiger partial charge on any atom is 0.261 e. The fourth-order valence-corrected chi connectivity index (χ4v) is 4.57. The summed E-state index contributed by atoms with van der Waals surface area (Å²) in [5, 5.41) is 3.05. The Kier molecular flexibility index (Phi) is 6.24. The maximum atomic E-state index is 12.8. The Hall–Kier alpha value is -2.34. The van der Waals surface area contributed by atoms with E-state index in [1.54, 1.807) is 43.3 Å². The molecule has 0 atom stereocenters. The van der Waals surface area contributed by atoms with Crippen LogP contribution in [0.3, 0.4) is 0 Å². The van der Waals surface area contributed by atoms with Crippen LogP contribution >= 0.6 is 0 Å². The summed E-state index contributed by atoms with van der Waals surface area (Å²) in [6, 6.07) is 13.2. The third kappa shape index (κ3) is 6.09. The van der Waals surface area contributed by atoms with E-state index in [2.05, 4.69) is 30.8 Å². The molecule has 1 amide bonds. The Morgan fingerprint density at radius 3 is 2.14 bits per heavy atom.